The number of anilines is 1. The number of urea groups is 1. The summed E-state index contributed by atoms with van der Waals surface area (Å²) in [7, 11) is 1.52. The van der Waals surface area contributed by atoms with Crippen LogP contribution in [-0.2, 0) is 0 Å². The second kappa shape index (κ2) is 6.95. The van der Waals surface area contributed by atoms with E-state index in [1.165, 1.54) is 7.11 Å². The third-order valence-electron chi connectivity index (χ3n) is 2.89. The molecule has 0 saturated heterocycles. The predicted octanol–water partition coefficient (Wildman–Crippen LogP) is 3.63. The minimum Gasteiger partial charge on any atom is -0.495 e. The van der Waals surface area contributed by atoms with Crippen LogP contribution in [0.25, 0.3) is 0 Å². The lowest BCUT2D eigenvalue weighted by molar-refractivity contribution is 0.249. The lowest BCUT2D eigenvalue weighted by Gasteiger charge is -2.14. The number of aromatic nitrogens is 1. The molecule has 2 rings (SSSR count). The summed E-state index contributed by atoms with van der Waals surface area (Å²) in [4.78, 5) is 16.2. The average molecular weight is 306 g/mol. The Hall–Kier alpha value is -2.27. The Morgan fingerprint density at radius 3 is 2.81 bits per heavy atom. The van der Waals surface area contributed by atoms with Crippen molar-refractivity contribution in [2.45, 2.75) is 13.0 Å². The fourth-order valence-corrected chi connectivity index (χ4v) is 2.00. The van der Waals surface area contributed by atoms with E-state index in [0.717, 1.165) is 5.69 Å². The van der Waals surface area contributed by atoms with Gasteiger partial charge in [0.15, 0.2) is 0 Å². The van der Waals surface area contributed by atoms with Crippen LogP contribution in [0.5, 0.6) is 5.75 Å². The highest BCUT2D eigenvalue weighted by Crippen LogP contribution is 2.27. The molecule has 0 bridgehead atoms. The molecule has 0 spiro atoms. The second-order valence-electron chi connectivity index (χ2n) is 4.42. The summed E-state index contributed by atoms with van der Waals surface area (Å²) in [5.41, 5.74) is 1.39. The molecule has 2 amide bonds. The molecule has 0 radical (unpaired) electrons. The fourth-order valence-electron chi connectivity index (χ4n) is 1.81. The van der Waals surface area contributed by atoms with Crippen LogP contribution in [-0.4, -0.2) is 18.1 Å². The summed E-state index contributed by atoms with van der Waals surface area (Å²) in [6.07, 6.45) is 1.69. The van der Waals surface area contributed by atoms with Gasteiger partial charge in [-0.1, -0.05) is 17.7 Å². The molecule has 1 aromatic carbocycles. The molecule has 1 aromatic heterocycles. The van der Waals surface area contributed by atoms with Gasteiger partial charge in [0, 0.05) is 18.0 Å². The van der Waals surface area contributed by atoms with Gasteiger partial charge >= 0.3 is 6.03 Å². The summed E-state index contributed by atoms with van der Waals surface area (Å²) in [6.45, 7) is 1.87. The monoisotopic (exact) mass is 305 g/mol. The topological polar surface area (TPSA) is 63.2 Å². The summed E-state index contributed by atoms with van der Waals surface area (Å²) in [5, 5.41) is 6.03. The first-order valence-corrected chi connectivity index (χ1v) is 6.80. The van der Waals surface area contributed by atoms with Crippen LogP contribution in [0.3, 0.4) is 0 Å². The molecule has 110 valence electrons. The standard InChI is InChI=1S/C15H16ClN3O2/c1-10(13-5-3-4-8-17-13)18-15(20)19-11-6-7-12(16)14(9-11)21-2/h3-10H,1-2H3,(H2,18,19,20). The normalized spacial score (nSPS) is 11.6. The summed E-state index contributed by atoms with van der Waals surface area (Å²) in [5.74, 6) is 0.507. The van der Waals surface area contributed by atoms with Gasteiger partial charge in [-0.3, -0.25) is 4.98 Å². The van der Waals surface area contributed by atoms with E-state index in [4.69, 9.17) is 16.3 Å². The largest absolute Gasteiger partial charge is 0.495 e. The van der Waals surface area contributed by atoms with Crippen LogP contribution >= 0.6 is 11.6 Å². The number of nitrogens with one attached hydrogen (secondary N) is 2. The molecule has 0 aliphatic carbocycles. The highest BCUT2D eigenvalue weighted by atomic mass is 35.5. The molecule has 2 aromatic rings. The first-order chi connectivity index (χ1) is 10.1. The van der Waals surface area contributed by atoms with Crippen molar-refractivity contribution in [2.24, 2.45) is 0 Å². The number of nitrogens with zero attached hydrogens (tertiary/aromatic N) is 1. The Bertz CT molecular complexity index is 620. The third kappa shape index (κ3) is 4.10. The van der Waals surface area contributed by atoms with E-state index in [1.807, 2.05) is 25.1 Å². The van der Waals surface area contributed by atoms with Crippen molar-refractivity contribution in [3.8, 4) is 5.75 Å². The van der Waals surface area contributed by atoms with Gasteiger partial charge in [0.2, 0.25) is 0 Å². The maximum Gasteiger partial charge on any atom is 0.319 e. The molecule has 0 aliphatic rings. The van der Waals surface area contributed by atoms with Crippen LogP contribution in [0.1, 0.15) is 18.7 Å². The molecule has 0 saturated carbocycles. The molecule has 6 heteroatoms. The number of benzene rings is 1. The Morgan fingerprint density at radius 2 is 2.14 bits per heavy atom. The van der Waals surface area contributed by atoms with Gasteiger partial charge in [-0.15, -0.1) is 0 Å². The zero-order chi connectivity index (χ0) is 15.2. The van der Waals surface area contributed by atoms with Gasteiger partial charge in [0.25, 0.3) is 0 Å². The zero-order valence-electron chi connectivity index (χ0n) is 11.8. The average Bonchev–Trinajstić information content (AvgIpc) is 2.50. The number of pyridine rings is 1. The first kappa shape index (κ1) is 15.1. The number of ether oxygens (including phenoxy) is 1. The van der Waals surface area contributed by atoms with E-state index in [9.17, 15) is 4.79 Å². The summed E-state index contributed by atoms with van der Waals surface area (Å²) < 4.78 is 5.10. The maximum atomic E-state index is 12.0. The minimum atomic E-state index is -0.322. The minimum absolute atomic E-state index is 0.194. The van der Waals surface area contributed by atoms with Crippen molar-refractivity contribution in [1.29, 1.82) is 0 Å². The Morgan fingerprint density at radius 1 is 1.33 bits per heavy atom. The highest BCUT2D eigenvalue weighted by Gasteiger charge is 2.11. The van der Waals surface area contributed by atoms with Crippen LogP contribution < -0.4 is 15.4 Å². The van der Waals surface area contributed by atoms with E-state index < -0.39 is 0 Å². The van der Waals surface area contributed by atoms with Gasteiger partial charge < -0.3 is 15.4 Å². The number of rotatable bonds is 4. The van der Waals surface area contributed by atoms with E-state index in [2.05, 4.69) is 15.6 Å². The lowest BCUT2D eigenvalue weighted by atomic mass is 10.2. The van der Waals surface area contributed by atoms with Crippen molar-refractivity contribution < 1.29 is 9.53 Å². The molecule has 2 N–H and O–H groups in total. The van der Waals surface area contributed by atoms with E-state index >= 15 is 0 Å². The number of carbonyl (C=O) groups excluding carboxylic acids is 1. The van der Waals surface area contributed by atoms with Crippen LogP contribution in [0.2, 0.25) is 5.02 Å². The number of hydrogen-bond donors (Lipinski definition) is 2. The van der Waals surface area contributed by atoms with E-state index in [0.29, 0.717) is 16.5 Å². The quantitative estimate of drug-likeness (QED) is 0.906. The molecule has 1 unspecified atom stereocenters. The SMILES string of the molecule is COc1cc(NC(=O)NC(C)c2ccccn2)ccc1Cl. The Kier molecular flexibility index (Phi) is 5.00. The van der Waals surface area contributed by atoms with Crippen molar-refractivity contribution >= 4 is 23.3 Å². The summed E-state index contributed by atoms with van der Waals surface area (Å²) >= 11 is 5.94. The smallest absolute Gasteiger partial charge is 0.319 e. The molecular formula is C15H16ClN3O2. The van der Waals surface area contributed by atoms with Crippen molar-refractivity contribution in [3.05, 3.63) is 53.3 Å². The highest BCUT2D eigenvalue weighted by molar-refractivity contribution is 6.32. The molecule has 1 heterocycles. The number of hydrogen-bond acceptors (Lipinski definition) is 3. The van der Waals surface area contributed by atoms with E-state index in [-0.39, 0.29) is 12.1 Å². The van der Waals surface area contributed by atoms with Crippen molar-refractivity contribution in [2.75, 3.05) is 12.4 Å². The summed E-state index contributed by atoms with van der Waals surface area (Å²) in [6, 6.07) is 10.1. The number of amides is 2. The molecular weight excluding hydrogens is 290 g/mol. The molecule has 1 atom stereocenters. The van der Waals surface area contributed by atoms with Crippen molar-refractivity contribution in [3.63, 3.8) is 0 Å². The zero-order valence-corrected chi connectivity index (χ0v) is 12.5. The van der Waals surface area contributed by atoms with E-state index in [1.54, 1.807) is 24.4 Å². The van der Waals surface area contributed by atoms with Gasteiger partial charge in [-0.25, -0.2) is 4.79 Å². The Balaban J connectivity index is 1.99. The predicted molar refractivity (Wildman–Crippen MR) is 82.8 cm³/mol. The molecule has 5 nitrogen and oxygen atoms in total. The number of halogens is 1. The van der Waals surface area contributed by atoms with Gasteiger partial charge in [0.05, 0.1) is 23.9 Å². The molecule has 21 heavy (non-hydrogen) atoms. The molecule has 0 fully saturated rings. The van der Waals surface area contributed by atoms with Gasteiger partial charge in [-0.05, 0) is 31.2 Å². The van der Waals surface area contributed by atoms with Gasteiger partial charge in [0.1, 0.15) is 5.75 Å². The van der Waals surface area contributed by atoms with Crippen molar-refractivity contribution in [1.82, 2.24) is 10.3 Å². The second-order valence-corrected chi connectivity index (χ2v) is 4.83. The van der Waals surface area contributed by atoms with Gasteiger partial charge in [-0.2, -0.15) is 0 Å². The van der Waals surface area contributed by atoms with Crippen LogP contribution in [0, 0.1) is 0 Å². The maximum absolute atomic E-state index is 12.0. The number of carbonyl (C=O) groups is 1. The molecule has 0 aliphatic heterocycles. The first-order valence-electron chi connectivity index (χ1n) is 6.42. The number of methoxy groups -OCH3 is 1. The van der Waals surface area contributed by atoms with Crippen LogP contribution in [0.4, 0.5) is 10.5 Å². The third-order valence-corrected chi connectivity index (χ3v) is 3.20. The lowest BCUT2D eigenvalue weighted by Crippen LogP contribution is -2.31. The Labute approximate surface area is 128 Å². The fraction of sp³-hybridized carbons (Fsp3) is 0.200. The van der Waals surface area contributed by atoms with Crippen LogP contribution in [0.15, 0.2) is 42.6 Å².